The fourth-order valence-electron chi connectivity index (χ4n) is 2.12. The Hall–Kier alpha value is -1.85. The first-order valence-corrected chi connectivity index (χ1v) is 8.48. The SMILES string of the molecule is Cc1cc(C(=O)NCC(O)c2ccc(OC(C)C)cc2)sc1C. The molecule has 0 saturated heterocycles. The van der Waals surface area contributed by atoms with Gasteiger partial charge in [0.15, 0.2) is 0 Å². The van der Waals surface area contributed by atoms with E-state index < -0.39 is 6.10 Å². The molecule has 1 amide bonds. The zero-order chi connectivity index (χ0) is 17.0. The molecule has 1 heterocycles. The van der Waals surface area contributed by atoms with Crippen LogP contribution in [0.3, 0.4) is 0 Å². The maximum absolute atomic E-state index is 12.1. The van der Waals surface area contributed by atoms with Crippen molar-refractivity contribution in [2.45, 2.75) is 39.9 Å². The number of rotatable bonds is 6. The second kappa shape index (κ2) is 7.62. The summed E-state index contributed by atoms with van der Waals surface area (Å²) in [6.45, 7) is 8.09. The molecule has 0 aliphatic carbocycles. The number of aryl methyl sites for hydroxylation is 2. The average molecular weight is 333 g/mol. The van der Waals surface area contributed by atoms with E-state index in [1.807, 2.05) is 58.0 Å². The van der Waals surface area contributed by atoms with Crippen molar-refractivity contribution in [1.29, 1.82) is 0 Å². The van der Waals surface area contributed by atoms with Crippen LogP contribution in [-0.4, -0.2) is 23.7 Å². The van der Waals surface area contributed by atoms with Gasteiger partial charge in [0, 0.05) is 11.4 Å². The lowest BCUT2D eigenvalue weighted by Crippen LogP contribution is -2.27. The fourth-order valence-corrected chi connectivity index (χ4v) is 3.07. The Morgan fingerprint density at radius 3 is 2.43 bits per heavy atom. The van der Waals surface area contributed by atoms with Crippen molar-refractivity contribution in [1.82, 2.24) is 5.32 Å². The fraction of sp³-hybridized carbons (Fsp3) is 0.389. The summed E-state index contributed by atoms with van der Waals surface area (Å²) in [4.78, 5) is 13.9. The highest BCUT2D eigenvalue weighted by molar-refractivity contribution is 7.14. The zero-order valence-electron chi connectivity index (χ0n) is 13.9. The normalized spacial score (nSPS) is 12.3. The number of amides is 1. The third kappa shape index (κ3) is 4.81. The minimum absolute atomic E-state index is 0.114. The van der Waals surface area contributed by atoms with Gasteiger partial charge >= 0.3 is 0 Å². The van der Waals surface area contributed by atoms with Crippen LogP contribution in [0.4, 0.5) is 0 Å². The quantitative estimate of drug-likeness (QED) is 0.849. The summed E-state index contributed by atoms with van der Waals surface area (Å²) in [5, 5.41) is 13.0. The predicted molar refractivity (Wildman–Crippen MR) is 93.3 cm³/mol. The van der Waals surface area contributed by atoms with Gasteiger partial charge in [-0.05, 0) is 57.0 Å². The van der Waals surface area contributed by atoms with Gasteiger partial charge in [-0.1, -0.05) is 12.1 Å². The Morgan fingerprint density at radius 2 is 1.91 bits per heavy atom. The smallest absolute Gasteiger partial charge is 0.261 e. The molecule has 1 aromatic heterocycles. The Morgan fingerprint density at radius 1 is 1.26 bits per heavy atom. The van der Waals surface area contributed by atoms with E-state index in [2.05, 4.69) is 5.32 Å². The third-order valence-electron chi connectivity index (χ3n) is 3.48. The molecule has 2 N–H and O–H groups in total. The van der Waals surface area contributed by atoms with Crippen LogP contribution in [0, 0.1) is 13.8 Å². The number of carbonyl (C=O) groups is 1. The van der Waals surface area contributed by atoms with Crippen molar-refractivity contribution >= 4 is 17.2 Å². The Bertz CT molecular complexity index is 642. The Kier molecular flexibility index (Phi) is 5.80. The maximum Gasteiger partial charge on any atom is 0.261 e. The lowest BCUT2D eigenvalue weighted by atomic mass is 10.1. The third-order valence-corrected chi connectivity index (χ3v) is 4.63. The van der Waals surface area contributed by atoms with E-state index in [4.69, 9.17) is 4.74 Å². The largest absolute Gasteiger partial charge is 0.491 e. The van der Waals surface area contributed by atoms with Crippen LogP contribution in [0.2, 0.25) is 0 Å². The van der Waals surface area contributed by atoms with Gasteiger partial charge in [-0.2, -0.15) is 0 Å². The molecule has 0 aliphatic rings. The molecular formula is C18H23NO3S. The Balaban J connectivity index is 1.91. The van der Waals surface area contributed by atoms with Crippen molar-refractivity contribution in [3.63, 3.8) is 0 Å². The van der Waals surface area contributed by atoms with E-state index in [0.717, 1.165) is 21.8 Å². The molecule has 0 spiro atoms. The van der Waals surface area contributed by atoms with Gasteiger partial charge in [0.25, 0.3) is 5.91 Å². The van der Waals surface area contributed by atoms with E-state index in [1.54, 1.807) is 0 Å². The molecule has 1 unspecified atom stereocenters. The van der Waals surface area contributed by atoms with Crippen molar-refractivity contribution in [2.24, 2.45) is 0 Å². The van der Waals surface area contributed by atoms with Crippen molar-refractivity contribution in [3.8, 4) is 5.75 Å². The van der Waals surface area contributed by atoms with E-state index in [9.17, 15) is 9.90 Å². The number of carbonyl (C=O) groups excluding carboxylic acids is 1. The lowest BCUT2D eigenvalue weighted by molar-refractivity contribution is 0.0920. The van der Waals surface area contributed by atoms with Gasteiger partial charge in [-0.25, -0.2) is 0 Å². The topological polar surface area (TPSA) is 58.6 Å². The van der Waals surface area contributed by atoms with E-state index in [-0.39, 0.29) is 18.6 Å². The van der Waals surface area contributed by atoms with Gasteiger partial charge in [0.2, 0.25) is 0 Å². The summed E-state index contributed by atoms with van der Waals surface area (Å²) in [7, 11) is 0. The molecule has 5 heteroatoms. The van der Waals surface area contributed by atoms with Crippen LogP contribution in [0.25, 0.3) is 0 Å². The average Bonchev–Trinajstić information content (AvgIpc) is 2.84. The van der Waals surface area contributed by atoms with Crippen LogP contribution in [0.15, 0.2) is 30.3 Å². The second-order valence-corrected chi connectivity index (χ2v) is 7.07. The molecule has 0 radical (unpaired) electrons. The summed E-state index contributed by atoms with van der Waals surface area (Å²) in [6, 6.07) is 9.15. The predicted octanol–water partition coefficient (Wildman–Crippen LogP) is 3.62. The molecule has 0 saturated carbocycles. The van der Waals surface area contributed by atoms with Crippen LogP contribution in [0.1, 0.15) is 45.6 Å². The first-order chi connectivity index (χ1) is 10.9. The molecule has 124 valence electrons. The molecule has 1 aromatic carbocycles. The number of benzene rings is 1. The number of aliphatic hydroxyl groups is 1. The number of hydrogen-bond acceptors (Lipinski definition) is 4. The number of aliphatic hydroxyl groups excluding tert-OH is 1. The van der Waals surface area contributed by atoms with E-state index in [0.29, 0.717) is 4.88 Å². The number of nitrogens with one attached hydrogen (secondary N) is 1. The molecule has 0 aliphatic heterocycles. The molecule has 2 rings (SSSR count). The standard InChI is InChI=1S/C18H23NO3S/c1-11(2)22-15-7-5-14(6-8-15)16(20)10-19-18(21)17-9-12(3)13(4)23-17/h5-9,11,16,20H,10H2,1-4H3,(H,19,21). The van der Waals surface area contributed by atoms with E-state index >= 15 is 0 Å². The summed E-state index contributed by atoms with van der Waals surface area (Å²) >= 11 is 1.47. The second-order valence-electron chi connectivity index (χ2n) is 5.81. The zero-order valence-corrected chi connectivity index (χ0v) is 14.7. The monoisotopic (exact) mass is 333 g/mol. The number of hydrogen-bond donors (Lipinski definition) is 2. The summed E-state index contributed by atoms with van der Waals surface area (Å²) < 4.78 is 5.57. The van der Waals surface area contributed by atoms with Gasteiger partial charge < -0.3 is 15.2 Å². The molecule has 4 nitrogen and oxygen atoms in total. The first-order valence-electron chi connectivity index (χ1n) is 7.66. The van der Waals surface area contributed by atoms with Crippen molar-refractivity contribution in [3.05, 3.63) is 51.2 Å². The summed E-state index contributed by atoms with van der Waals surface area (Å²) in [6.07, 6.45) is -0.628. The first kappa shape index (κ1) is 17.5. The molecule has 1 atom stereocenters. The van der Waals surface area contributed by atoms with Crippen molar-refractivity contribution in [2.75, 3.05) is 6.54 Å². The van der Waals surface area contributed by atoms with Gasteiger partial charge in [-0.15, -0.1) is 11.3 Å². The molecule has 0 fully saturated rings. The minimum Gasteiger partial charge on any atom is -0.491 e. The lowest BCUT2D eigenvalue weighted by Gasteiger charge is -2.14. The van der Waals surface area contributed by atoms with Gasteiger partial charge in [-0.3, -0.25) is 4.79 Å². The molecule has 2 aromatic rings. The van der Waals surface area contributed by atoms with Gasteiger partial charge in [0.05, 0.1) is 17.1 Å². The highest BCUT2D eigenvalue weighted by Crippen LogP contribution is 2.21. The van der Waals surface area contributed by atoms with Crippen molar-refractivity contribution < 1.29 is 14.6 Å². The number of thiophene rings is 1. The van der Waals surface area contributed by atoms with E-state index in [1.165, 1.54) is 11.3 Å². The van der Waals surface area contributed by atoms with Crippen LogP contribution in [0.5, 0.6) is 5.75 Å². The Labute approximate surface area is 141 Å². The summed E-state index contributed by atoms with van der Waals surface area (Å²) in [5.74, 6) is 0.620. The minimum atomic E-state index is -0.741. The number of ether oxygens (including phenoxy) is 1. The maximum atomic E-state index is 12.1. The van der Waals surface area contributed by atoms with Crippen LogP contribution in [-0.2, 0) is 0 Å². The summed E-state index contributed by atoms with van der Waals surface area (Å²) in [5.41, 5.74) is 1.86. The molecule has 23 heavy (non-hydrogen) atoms. The van der Waals surface area contributed by atoms with Crippen LogP contribution < -0.4 is 10.1 Å². The highest BCUT2D eigenvalue weighted by Gasteiger charge is 2.13. The van der Waals surface area contributed by atoms with Crippen LogP contribution >= 0.6 is 11.3 Å². The van der Waals surface area contributed by atoms with Gasteiger partial charge in [0.1, 0.15) is 5.75 Å². The highest BCUT2D eigenvalue weighted by atomic mass is 32.1. The molecular weight excluding hydrogens is 310 g/mol. The molecule has 0 bridgehead atoms.